The highest BCUT2D eigenvalue weighted by molar-refractivity contribution is 5.15. The van der Waals surface area contributed by atoms with E-state index in [-0.39, 0.29) is 14.9 Å². The molecule has 0 atom stereocenters. The number of rotatable bonds is 8. The van der Waals surface area contributed by atoms with Crippen LogP contribution in [0.5, 0.6) is 0 Å². The SMILES string of the molecule is C.C.CC(C)c1ccccn1.CC(C)c1ccccn1.CC(C)c1ccccn1.CC(C)c1cccnc1.CC(C)c1cccnc1.CC(C)c1ccncc1.CC(C)c1ccnnc1.CC(C)c1ncccn1. The lowest BCUT2D eigenvalue weighted by molar-refractivity contribution is 0.774. The zero-order valence-electron chi connectivity index (χ0n) is 46.4. The third-order valence-corrected chi connectivity index (χ3v) is 10.3. The molecule has 0 aliphatic rings. The minimum Gasteiger partial charge on any atom is -0.265 e. The van der Waals surface area contributed by atoms with Gasteiger partial charge in [-0.1, -0.05) is 156 Å². The first kappa shape index (κ1) is 69.1. The van der Waals surface area contributed by atoms with Gasteiger partial charge in [-0.05, 0) is 136 Å². The summed E-state index contributed by atoms with van der Waals surface area (Å²) in [5, 5.41) is 7.43. The molecule has 0 saturated heterocycles. The van der Waals surface area contributed by atoms with Gasteiger partial charge >= 0.3 is 0 Å². The second-order valence-electron chi connectivity index (χ2n) is 19.1. The Hall–Kier alpha value is -6.94. The monoisotopic (exact) mass is 1000 g/mol. The molecule has 0 bridgehead atoms. The van der Waals surface area contributed by atoms with E-state index in [0.29, 0.717) is 47.3 Å². The van der Waals surface area contributed by atoms with Crippen molar-refractivity contribution >= 4 is 0 Å². The molecule has 8 aromatic heterocycles. The quantitative estimate of drug-likeness (QED) is 0.145. The highest BCUT2D eigenvalue weighted by Crippen LogP contribution is 2.14. The molecule has 74 heavy (non-hydrogen) atoms. The van der Waals surface area contributed by atoms with Crippen LogP contribution in [0.3, 0.4) is 0 Å². The van der Waals surface area contributed by atoms with E-state index < -0.39 is 0 Å². The van der Waals surface area contributed by atoms with Crippen molar-refractivity contribution in [2.75, 3.05) is 0 Å². The van der Waals surface area contributed by atoms with Crippen LogP contribution >= 0.6 is 0 Å². The predicted octanol–water partition coefficient (Wildman–Crippen LogP) is 17.7. The third-order valence-electron chi connectivity index (χ3n) is 10.3. The zero-order chi connectivity index (χ0) is 53.5. The molecule has 10 heteroatoms. The Morgan fingerprint density at radius 2 is 0.595 bits per heavy atom. The zero-order valence-corrected chi connectivity index (χ0v) is 46.4. The maximum atomic E-state index is 4.18. The molecule has 0 saturated carbocycles. The maximum absolute atomic E-state index is 4.18. The van der Waals surface area contributed by atoms with Crippen molar-refractivity contribution < 1.29 is 0 Å². The molecule has 0 fully saturated rings. The van der Waals surface area contributed by atoms with E-state index in [2.05, 4.69) is 173 Å². The third kappa shape index (κ3) is 33.7. The molecule has 0 aliphatic heterocycles. The van der Waals surface area contributed by atoms with Crippen LogP contribution in [0.15, 0.2) is 184 Å². The van der Waals surface area contributed by atoms with E-state index in [0.717, 1.165) is 22.9 Å². The summed E-state index contributed by atoms with van der Waals surface area (Å²) in [7, 11) is 0. The topological polar surface area (TPSA) is 129 Å². The van der Waals surface area contributed by atoms with Gasteiger partial charge in [0.05, 0.1) is 6.20 Å². The molecule has 0 aliphatic carbocycles. The molecule has 0 aromatic carbocycles. The number of hydrogen-bond acceptors (Lipinski definition) is 10. The van der Waals surface area contributed by atoms with Crippen molar-refractivity contribution in [3.05, 3.63) is 229 Å². The summed E-state index contributed by atoms with van der Waals surface area (Å²) in [6.07, 6.45) is 23.6. The average molecular weight is 1000 g/mol. The minimum atomic E-state index is 0. The first-order valence-electron chi connectivity index (χ1n) is 25.4. The van der Waals surface area contributed by atoms with Crippen molar-refractivity contribution in [2.45, 2.75) is 173 Å². The molecule has 0 amide bonds. The summed E-state index contributed by atoms with van der Waals surface area (Å²) in [4.78, 5) is 32.6. The Labute approximate surface area is 450 Å². The summed E-state index contributed by atoms with van der Waals surface area (Å²) in [6, 6.07) is 34.0. The molecule has 400 valence electrons. The highest BCUT2D eigenvalue weighted by atomic mass is 15.1. The average Bonchev–Trinajstić information content (AvgIpc) is 3.42. The number of hydrogen-bond donors (Lipinski definition) is 0. The number of aromatic nitrogens is 10. The van der Waals surface area contributed by atoms with Crippen LogP contribution in [0.1, 0.15) is 218 Å². The van der Waals surface area contributed by atoms with Crippen LogP contribution in [-0.2, 0) is 0 Å². The number of nitrogens with zero attached hydrogens (tertiary/aromatic N) is 10. The largest absolute Gasteiger partial charge is 0.265 e. The van der Waals surface area contributed by atoms with Crippen LogP contribution in [0.25, 0.3) is 0 Å². The lowest BCUT2D eigenvalue weighted by atomic mass is 10.1. The maximum Gasteiger partial charge on any atom is 0.130 e. The van der Waals surface area contributed by atoms with Gasteiger partial charge in [-0.2, -0.15) is 10.2 Å². The summed E-state index contributed by atoms with van der Waals surface area (Å²) >= 11 is 0. The Morgan fingerprint density at radius 3 is 0.797 bits per heavy atom. The smallest absolute Gasteiger partial charge is 0.130 e. The molecule has 0 N–H and O–H groups in total. The molecule has 0 radical (unpaired) electrons. The van der Waals surface area contributed by atoms with Crippen molar-refractivity contribution in [1.82, 2.24) is 50.1 Å². The molecule has 0 spiro atoms. The van der Waals surface area contributed by atoms with E-state index in [1.807, 2.05) is 134 Å². The van der Waals surface area contributed by atoms with E-state index in [1.165, 1.54) is 22.3 Å². The van der Waals surface area contributed by atoms with Gasteiger partial charge in [0.1, 0.15) is 5.82 Å². The first-order chi connectivity index (χ1) is 34.4. The van der Waals surface area contributed by atoms with E-state index in [4.69, 9.17) is 0 Å². The summed E-state index contributed by atoms with van der Waals surface area (Å²) in [5.41, 5.74) is 8.69. The summed E-state index contributed by atoms with van der Waals surface area (Å²) < 4.78 is 0. The molecule has 10 nitrogen and oxygen atoms in total. The fraction of sp³-hybridized carbons (Fsp3) is 0.406. The van der Waals surface area contributed by atoms with Gasteiger partial charge in [-0.15, -0.1) is 0 Å². The van der Waals surface area contributed by atoms with Gasteiger partial charge in [0.25, 0.3) is 0 Å². The second-order valence-corrected chi connectivity index (χ2v) is 19.1. The lowest BCUT2D eigenvalue weighted by Gasteiger charge is -2.01. The second kappa shape index (κ2) is 42.6. The van der Waals surface area contributed by atoms with Gasteiger partial charge in [-0.3, -0.25) is 29.9 Å². The normalized spacial score (nSPS) is 9.84. The van der Waals surface area contributed by atoms with Gasteiger partial charge in [0.2, 0.25) is 0 Å². The molecule has 0 unspecified atom stereocenters. The predicted molar refractivity (Wildman–Crippen MR) is 316 cm³/mol. The number of pyridine rings is 6. The van der Waals surface area contributed by atoms with E-state index >= 15 is 0 Å². The van der Waals surface area contributed by atoms with Gasteiger partial charge < -0.3 is 0 Å². The Morgan fingerprint density at radius 1 is 0.243 bits per heavy atom. The van der Waals surface area contributed by atoms with Gasteiger partial charge in [-0.25, -0.2) is 9.97 Å². The summed E-state index contributed by atoms with van der Waals surface area (Å²) in [6.45, 7) is 34.3. The van der Waals surface area contributed by atoms with Crippen molar-refractivity contribution in [1.29, 1.82) is 0 Å². The Kier molecular flexibility index (Phi) is 39.8. The summed E-state index contributed by atoms with van der Waals surface area (Å²) in [5.74, 6) is 5.36. The molecular weight excluding hydrogens is 909 g/mol. The van der Waals surface area contributed by atoms with Crippen LogP contribution in [0.4, 0.5) is 0 Å². The van der Waals surface area contributed by atoms with Crippen molar-refractivity contribution in [3.8, 4) is 0 Å². The minimum absolute atomic E-state index is 0. The van der Waals surface area contributed by atoms with Crippen LogP contribution in [0, 0.1) is 0 Å². The molecule has 8 aromatic rings. The van der Waals surface area contributed by atoms with Crippen LogP contribution in [-0.4, -0.2) is 50.1 Å². The van der Waals surface area contributed by atoms with Gasteiger partial charge in [0.15, 0.2) is 0 Å². The molecule has 8 heterocycles. The molecule has 8 rings (SSSR count). The Bertz CT molecular complexity index is 1870. The van der Waals surface area contributed by atoms with Gasteiger partial charge in [0, 0.05) is 97.4 Å². The lowest BCUT2D eigenvalue weighted by Crippen LogP contribution is -1.93. The van der Waals surface area contributed by atoms with Crippen LogP contribution < -0.4 is 0 Å². The standard InChI is InChI=1S/6C8H11N.2C7H10N2.2CH4/c1-7(2)8-3-5-9-6-4-8;2*1-7(2)8-4-3-5-9-6-8;3*1-7(2)8-5-3-4-6-9-8;1-6(2)7-3-4-8-9-5-7;1-6(2)7-8-4-3-5-9-7;;/h6*3-7H,1-2H3;2*3-6H,1-2H3;2*1H4. The first-order valence-corrected chi connectivity index (χ1v) is 25.4. The van der Waals surface area contributed by atoms with Crippen LogP contribution in [0.2, 0.25) is 0 Å². The molecular formula is C64H94N10. The highest BCUT2D eigenvalue weighted by Gasteiger charge is 2.00. The fourth-order valence-corrected chi connectivity index (χ4v) is 5.59. The Balaban J connectivity index is 0. The van der Waals surface area contributed by atoms with E-state index in [9.17, 15) is 0 Å². The fourth-order valence-electron chi connectivity index (χ4n) is 5.59. The van der Waals surface area contributed by atoms with E-state index in [1.54, 1.807) is 37.2 Å². The van der Waals surface area contributed by atoms with Crippen molar-refractivity contribution in [2.24, 2.45) is 0 Å². The van der Waals surface area contributed by atoms with Crippen molar-refractivity contribution in [3.63, 3.8) is 0 Å².